The molecule has 2 aromatic carbocycles. The minimum Gasteiger partial charge on any atom is -0.487 e. The first kappa shape index (κ1) is 12.3. The van der Waals surface area contributed by atoms with Crippen molar-refractivity contribution in [1.82, 2.24) is 4.98 Å². The normalized spacial score (nSPS) is 10.8. The number of fused-ring (bicyclic) bond motifs is 1. The highest BCUT2D eigenvalue weighted by molar-refractivity contribution is 9.10. The molecule has 0 spiro atoms. The van der Waals surface area contributed by atoms with E-state index in [1.54, 1.807) is 0 Å². The van der Waals surface area contributed by atoms with E-state index in [0.717, 1.165) is 21.4 Å². The Hall–Kier alpha value is -1.74. The van der Waals surface area contributed by atoms with Gasteiger partial charge in [-0.05, 0) is 48.9 Å². The van der Waals surface area contributed by atoms with Gasteiger partial charge in [-0.25, -0.2) is 0 Å². The molecule has 1 heterocycles. The van der Waals surface area contributed by atoms with E-state index >= 15 is 0 Å². The van der Waals surface area contributed by atoms with Crippen molar-refractivity contribution in [2.45, 2.75) is 13.5 Å². The number of nitrogens with one attached hydrogen (secondary N) is 1. The van der Waals surface area contributed by atoms with Gasteiger partial charge in [-0.15, -0.1) is 0 Å². The highest BCUT2D eigenvalue weighted by Crippen LogP contribution is 2.21. The lowest BCUT2D eigenvalue weighted by Crippen LogP contribution is -1.94. The minimum atomic E-state index is 0.551. The van der Waals surface area contributed by atoms with Gasteiger partial charge in [0.15, 0.2) is 0 Å². The summed E-state index contributed by atoms with van der Waals surface area (Å²) < 4.78 is 6.82. The third kappa shape index (κ3) is 2.66. The number of ether oxygens (including phenoxy) is 1. The zero-order chi connectivity index (χ0) is 13.2. The summed E-state index contributed by atoms with van der Waals surface area (Å²) >= 11 is 3.41. The largest absolute Gasteiger partial charge is 0.487 e. The Kier molecular flexibility index (Phi) is 3.30. The quantitative estimate of drug-likeness (QED) is 0.736. The van der Waals surface area contributed by atoms with Crippen LogP contribution in [0.25, 0.3) is 10.9 Å². The Morgan fingerprint density at radius 2 is 1.89 bits per heavy atom. The summed E-state index contributed by atoms with van der Waals surface area (Å²) in [5, 5.41) is 1.26. The molecule has 0 aliphatic carbocycles. The molecule has 2 nitrogen and oxygen atoms in total. The molecule has 3 heteroatoms. The standard InChI is InChI=1S/C16H14BrNO/c1-11-3-2-4-16-15(11)9-13(18-16)10-19-14-7-5-12(17)6-8-14/h2-9,18H,10H2,1H3. The molecule has 0 aliphatic heterocycles. The molecular weight excluding hydrogens is 302 g/mol. The molecule has 0 fully saturated rings. The first-order valence-corrected chi connectivity index (χ1v) is 6.97. The van der Waals surface area contributed by atoms with E-state index < -0.39 is 0 Å². The fourth-order valence-electron chi connectivity index (χ4n) is 2.13. The number of aryl methyl sites for hydroxylation is 1. The van der Waals surface area contributed by atoms with Crippen molar-refractivity contribution < 1.29 is 4.74 Å². The Morgan fingerprint density at radius 1 is 1.11 bits per heavy atom. The van der Waals surface area contributed by atoms with Gasteiger partial charge in [0.05, 0.1) is 5.69 Å². The van der Waals surface area contributed by atoms with Crippen LogP contribution < -0.4 is 4.74 Å². The van der Waals surface area contributed by atoms with Crippen LogP contribution in [0.3, 0.4) is 0 Å². The number of benzene rings is 2. The number of hydrogen-bond donors (Lipinski definition) is 1. The van der Waals surface area contributed by atoms with Gasteiger partial charge in [0.2, 0.25) is 0 Å². The van der Waals surface area contributed by atoms with Crippen molar-refractivity contribution in [2.24, 2.45) is 0 Å². The van der Waals surface area contributed by atoms with Crippen LogP contribution in [-0.2, 0) is 6.61 Å². The number of halogens is 1. The maximum atomic E-state index is 5.76. The van der Waals surface area contributed by atoms with E-state index in [2.05, 4.69) is 52.1 Å². The molecule has 0 aliphatic rings. The lowest BCUT2D eigenvalue weighted by molar-refractivity contribution is 0.302. The minimum absolute atomic E-state index is 0.551. The maximum Gasteiger partial charge on any atom is 0.128 e. The Labute approximate surface area is 120 Å². The molecule has 0 unspecified atom stereocenters. The first-order valence-electron chi connectivity index (χ1n) is 6.18. The first-order chi connectivity index (χ1) is 9.22. The van der Waals surface area contributed by atoms with Crippen LogP contribution in [0.2, 0.25) is 0 Å². The molecule has 0 bridgehead atoms. The monoisotopic (exact) mass is 315 g/mol. The van der Waals surface area contributed by atoms with Gasteiger partial charge in [-0.2, -0.15) is 0 Å². The van der Waals surface area contributed by atoms with Crippen LogP contribution in [0.1, 0.15) is 11.3 Å². The smallest absolute Gasteiger partial charge is 0.128 e. The third-order valence-electron chi connectivity index (χ3n) is 3.15. The molecule has 0 saturated heterocycles. The fourth-order valence-corrected chi connectivity index (χ4v) is 2.40. The number of hydrogen-bond acceptors (Lipinski definition) is 1. The summed E-state index contributed by atoms with van der Waals surface area (Å²) in [6.07, 6.45) is 0. The molecule has 3 aromatic rings. The summed E-state index contributed by atoms with van der Waals surface area (Å²) in [6, 6.07) is 16.3. The molecular formula is C16H14BrNO. The second kappa shape index (κ2) is 5.10. The van der Waals surface area contributed by atoms with Crippen LogP contribution >= 0.6 is 15.9 Å². The molecule has 19 heavy (non-hydrogen) atoms. The number of rotatable bonds is 3. The van der Waals surface area contributed by atoms with Gasteiger partial charge >= 0.3 is 0 Å². The predicted molar refractivity (Wildman–Crippen MR) is 81.5 cm³/mol. The zero-order valence-corrected chi connectivity index (χ0v) is 12.2. The van der Waals surface area contributed by atoms with Gasteiger partial charge in [-0.3, -0.25) is 0 Å². The van der Waals surface area contributed by atoms with Crippen LogP contribution in [0.4, 0.5) is 0 Å². The van der Waals surface area contributed by atoms with E-state index in [4.69, 9.17) is 4.74 Å². The van der Waals surface area contributed by atoms with E-state index in [-0.39, 0.29) is 0 Å². The van der Waals surface area contributed by atoms with Gasteiger partial charge in [0, 0.05) is 15.4 Å². The summed E-state index contributed by atoms with van der Waals surface area (Å²) in [5.41, 5.74) is 3.53. The number of aromatic amines is 1. The highest BCUT2D eigenvalue weighted by Gasteiger charge is 2.03. The summed E-state index contributed by atoms with van der Waals surface area (Å²) in [7, 11) is 0. The predicted octanol–water partition coefficient (Wildman–Crippen LogP) is 4.82. The summed E-state index contributed by atoms with van der Waals surface area (Å²) in [4.78, 5) is 3.38. The van der Waals surface area contributed by atoms with Crippen LogP contribution in [0.5, 0.6) is 5.75 Å². The number of H-pyrrole nitrogens is 1. The van der Waals surface area contributed by atoms with E-state index in [1.807, 2.05) is 24.3 Å². The highest BCUT2D eigenvalue weighted by atomic mass is 79.9. The van der Waals surface area contributed by atoms with Crippen molar-refractivity contribution in [2.75, 3.05) is 0 Å². The summed E-state index contributed by atoms with van der Waals surface area (Å²) in [6.45, 7) is 2.67. The van der Waals surface area contributed by atoms with Crippen LogP contribution in [0.15, 0.2) is 53.0 Å². The number of aromatic nitrogens is 1. The molecule has 1 N–H and O–H groups in total. The van der Waals surface area contributed by atoms with Gasteiger partial charge < -0.3 is 9.72 Å². The van der Waals surface area contributed by atoms with E-state index in [9.17, 15) is 0 Å². The van der Waals surface area contributed by atoms with Gasteiger partial charge in [0.25, 0.3) is 0 Å². The second-order valence-electron chi connectivity index (χ2n) is 4.57. The lowest BCUT2D eigenvalue weighted by Gasteiger charge is -2.04. The third-order valence-corrected chi connectivity index (χ3v) is 3.67. The Bertz CT molecular complexity index is 700. The van der Waals surface area contributed by atoms with E-state index in [0.29, 0.717) is 6.61 Å². The fraction of sp³-hybridized carbons (Fsp3) is 0.125. The molecule has 1 aromatic heterocycles. The second-order valence-corrected chi connectivity index (χ2v) is 5.49. The summed E-state index contributed by atoms with van der Waals surface area (Å²) in [5.74, 6) is 0.874. The van der Waals surface area contributed by atoms with Crippen LogP contribution in [0, 0.1) is 6.92 Å². The Balaban J connectivity index is 1.78. The topological polar surface area (TPSA) is 25.0 Å². The van der Waals surface area contributed by atoms with Crippen LogP contribution in [-0.4, -0.2) is 4.98 Å². The maximum absolute atomic E-state index is 5.76. The molecule has 96 valence electrons. The molecule has 0 atom stereocenters. The van der Waals surface area contributed by atoms with Crippen molar-refractivity contribution in [1.29, 1.82) is 0 Å². The van der Waals surface area contributed by atoms with Gasteiger partial charge in [-0.1, -0.05) is 28.1 Å². The van der Waals surface area contributed by atoms with Crippen molar-refractivity contribution >= 4 is 26.8 Å². The Morgan fingerprint density at radius 3 is 2.63 bits per heavy atom. The zero-order valence-electron chi connectivity index (χ0n) is 10.6. The van der Waals surface area contributed by atoms with Crippen molar-refractivity contribution in [3.63, 3.8) is 0 Å². The molecule has 3 rings (SSSR count). The average molecular weight is 316 g/mol. The molecule has 0 saturated carbocycles. The van der Waals surface area contributed by atoms with Crippen molar-refractivity contribution in [3.05, 3.63) is 64.3 Å². The lowest BCUT2D eigenvalue weighted by atomic mass is 10.1. The molecule has 0 radical (unpaired) electrons. The SMILES string of the molecule is Cc1cccc2[nH]c(COc3ccc(Br)cc3)cc12. The van der Waals surface area contributed by atoms with Crippen molar-refractivity contribution in [3.8, 4) is 5.75 Å². The molecule has 0 amide bonds. The van der Waals surface area contributed by atoms with E-state index in [1.165, 1.54) is 10.9 Å². The van der Waals surface area contributed by atoms with Gasteiger partial charge in [0.1, 0.15) is 12.4 Å². The average Bonchev–Trinajstić information content (AvgIpc) is 2.83.